The number of carboxylic acids is 4. The number of hydrogen-bond acceptors (Lipinski definition) is 8. The molecule has 0 N–H and O–H groups in total. The Kier molecular flexibility index (Phi) is 24.2. The van der Waals surface area contributed by atoms with Gasteiger partial charge in [-0.15, -0.1) is 0 Å². The van der Waals surface area contributed by atoms with Crippen molar-refractivity contribution in [1.29, 1.82) is 0 Å². The summed E-state index contributed by atoms with van der Waals surface area (Å²) in [5, 5.41) is 45.1. The molecule has 0 atom stereocenters. The van der Waals surface area contributed by atoms with E-state index in [-0.39, 0.29) is 228 Å². The molecule has 0 saturated heterocycles. The molecule has 0 aromatic heterocycles. The van der Waals surface area contributed by atoms with Crippen molar-refractivity contribution >= 4 is 36.0 Å². The van der Waals surface area contributed by atoms with Crippen LogP contribution in [0, 0.1) is 0 Å². The molecule has 0 saturated carbocycles. The van der Waals surface area contributed by atoms with Gasteiger partial charge in [0.25, 0.3) is 0 Å². The van der Waals surface area contributed by atoms with Gasteiger partial charge in [0, 0.05) is 0 Å². The van der Waals surface area contributed by atoms with Gasteiger partial charge in [0.15, 0.2) is 0 Å². The van der Waals surface area contributed by atoms with E-state index in [0.29, 0.717) is 25.7 Å². The average molecular weight is 869 g/mol. The van der Waals surface area contributed by atoms with Crippen molar-refractivity contribution in [3.8, 4) is 0 Å². The number of carboxylic acid groups (broad SMARTS) is 4. The Morgan fingerprint density at radius 2 is 0.500 bits per heavy atom. The fraction of sp³-hybridized carbons (Fsp3) is 0.0870. The second kappa shape index (κ2) is 26.2. The van der Waals surface area contributed by atoms with Gasteiger partial charge in [-0.3, -0.25) is 0 Å². The van der Waals surface area contributed by atoms with Crippen LogP contribution < -0.4 is 226 Å². The predicted octanol–water partition coefficient (Wildman–Crippen LogP) is -8.31. The van der Waals surface area contributed by atoms with Crippen LogP contribution in [0.25, 0.3) is 12.2 Å². The van der Waals surface area contributed by atoms with Gasteiger partial charge in [-0.05, 0) is 104 Å². The predicted molar refractivity (Wildman–Crippen MR) is 196 cm³/mol. The van der Waals surface area contributed by atoms with Crippen molar-refractivity contribution in [3.05, 3.63) is 211 Å². The summed E-state index contributed by atoms with van der Waals surface area (Å²) in [5.41, 5.74) is 9.89. The molecule has 0 fully saturated rings. The number of carbonyl (C=O) groups is 4. The molecule has 6 aromatic rings. The van der Waals surface area contributed by atoms with Gasteiger partial charge >= 0.3 is 206 Å². The Hall–Kier alpha value is -0.515. The smallest absolute Gasteiger partial charge is 0.545 e. The number of rotatable bonds is 14. The van der Waals surface area contributed by atoms with Crippen LogP contribution in [0.1, 0.15) is 97.1 Å². The molecule has 0 unspecified atom stereocenters. The minimum Gasteiger partial charge on any atom is -0.545 e. The third-order valence-corrected chi connectivity index (χ3v) is 9.01. The molecule has 0 spiro atoms. The average Bonchev–Trinajstić information content (AvgIpc) is 3.15. The van der Waals surface area contributed by atoms with Gasteiger partial charge in [-0.2, -0.15) is 0 Å². The van der Waals surface area contributed by atoms with Crippen LogP contribution in [0.5, 0.6) is 0 Å². The van der Waals surface area contributed by atoms with Crippen LogP contribution in [0.4, 0.5) is 0 Å². The molecule has 12 heteroatoms. The third kappa shape index (κ3) is 16.3. The summed E-state index contributed by atoms with van der Waals surface area (Å²) in [6.07, 6.45) is 6.18. The Balaban J connectivity index is 0.00000290. The molecule has 0 heterocycles. The first-order valence-corrected chi connectivity index (χ1v) is 17.1. The maximum Gasteiger partial charge on any atom is 1.00 e. The van der Waals surface area contributed by atoms with E-state index in [9.17, 15) is 39.6 Å². The normalized spacial score (nSPS) is 10.3. The molecule has 0 bridgehead atoms. The first-order valence-electron chi connectivity index (χ1n) is 17.1. The van der Waals surface area contributed by atoms with Crippen molar-refractivity contribution in [1.82, 2.24) is 0 Å². The van der Waals surface area contributed by atoms with Crippen molar-refractivity contribution in [2.24, 2.45) is 0 Å². The summed E-state index contributed by atoms with van der Waals surface area (Å²) in [5.74, 6) is -4.96. The number of hydrogen-bond donors (Lipinski definition) is 0. The van der Waals surface area contributed by atoms with Gasteiger partial charge in [-0.25, -0.2) is 0 Å². The molecule has 0 aliphatic heterocycles. The Labute approximate surface area is 507 Å². The summed E-state index contributed by atoms with van der Waals surface area (Å²) >= 11 is 0. The standard InChI is InChI=1S/C46H36O8.4K/c47-43(48)39-11-3-29(4-12-39)19-35-23-33(24-36(27-35)20-30-5-13-40(14-6-30)44(49)50)1-2-34-25-37(21-31-7-15-41(16-8-31)45(51)52)28-38(26-34)22-32-9-17-42(18-10-32)46(53)54;;;;/h1-18,23-28H,19-22H2,(H,47,48)(H,49,50)(H,51,52)(H,53,54);;;;/q;4*+1/p-4/b2-1+;;;;. The van der Waals surface area contributed by atoms with E-state index in [0.717, 1.165) is 55.6 Å². The Morgan fingerprint density at radius 3 is 0.672 bits per heavy atom. The van der Waals surface area contributed by atoms with E-state index in [2.05, 4.69) is 36.4 Å². The molecule has 6 aromatic carbocycles. The SMILES string of the molecule is O=C([O-])c1ccc(Cc2cc(/C=C/c3cc(Cc4ccc(C(=O)[O-])cc4)cc(Cc4ccc(C(=O)[O-])cc4)c3)cc(Cc3ccc(C(=O)[O-])cc3)c2)cc1.[K+].[K+].[K+].[K+]. The minimum absolute atomic E-state index is 0. The Morgan fingerprint density at radius 1 is 0.310 bits per heavy atom. The minimum atomic E-state index is -1.24. The molecule has 268 valence electrons. The summed E-state index contributed by atoms with van der Waals surface area (Å²) in [6.45, 7) is 0. The van der Waals surface area contributed by atoms with Gasteiger partial charge in [0.1, 0.15) is 0 Å². The first kappa shape index (κ1) is 53.6. The molecule has 0 aliphatic carbocycles. The van der Waals surface area contributed by atoms with E-state index in [1.807, 2.05) is 12.2 Å². The van der Waals surface area contributed by atoms with E-state index in [4.69, 9.17) is 0 Å². The van der Waals surface area contributed by atoms with Crippen LogP contribution in [-0.4, -0.2) is 23.9 Å². The van der Waals surface area contributed by atoms with Gasteiger partial charge < -0.3 is 39.6 Å². The van der Waals surface area contributed by atoms with Crippen LogP contribution in [-0.2, 0) is 25.7 Å². The van der Waals surface area contributed by atoms with Crippen LogP contribution in [0.3, 0.4) is 0 Å². The number of aromatic carboxylic acids is 4. The fourth-order valence-corrected chi connectivity index (χ4v) is 6.35. The maximum absolute atomic E-state index is 11.3. The van der Waals surface area contributed by atoms with E-state index in [1.165, 1.54) is 48.5 Å². The second-order valence-electron chi connectivity index (χ2n) is 13.1. The van der Waals surface area contributed by atoms with Gasteiger partial charge in [0.05, 0.1) is 23.9 Å². The fourth-order valence-electron chi connectivity index (χ4n) is 6.35. The van der Waals surface area contributed by atoms with Crippen LogP contribution >= 0.6 is 0 Å². The number of carbonyl (C=O) groups excluding carboxylic acids is 4. The molecule has 6 rings (SSSR count). The second-order valence-corrected chi connectivity index (χ2v) is 13.1. The topological polar surface area (TPSA) is 161 Å². The Bertz CT molecular complexity index is 2050. The molecular formula is C46H32K4O8. The van der Waals surface area contributed by atoms with E-state index >= 15 is 0 Å². The summed E-state index contributed by atoms with van der Waals surface area (Å²) in [6, 6.07) is 38.7. The molecule has 8 nitrogen and oxygen atoms in total. The zero-order valence-electron chi connectivity index (χ0n) is 33.0. The zero-order chi connectivity index (χ0) is 38.2. The van der Waals surface area contributed by atoms with E-state index in [1.54, 1.807) is 48.5 Å². The first-order chi connectivity index (χ1) is 26.0. The monoisotopic (exact) mass is 868 g/mol. The largest absolute Gasteiger partial charge is 1.00 e. The van der Waals surface area contributed by atoms with Crippen LogP contribution in [0.15, 0.2) is 133 Å². The summed E-state index contributed by atoms with van der Waals surface area (Å²) in [7, 11) is 0. The maximum atomic E-state index is 11.3. The van der Waals surface area contributed by atoms with Crippen molar-refractivity contribution < 1.29 is 245 Å². The van der Waals surface area contributed by atoms with Crippen molar-refractivity contribution in [2.75, 3.05) is 0 Å². The van der Waals surface area contributed by atoms with Crippen molar-refractivity contribution in [2.45, 2.75) is 25.7 Å². The zero-order valence-corrected chi connectivity index (χ0v) is 45.4. The molecule has 0 amide bonds. The van der Waals surface area contributed by atoms with Crippen LogP contribution in [0.2, 0.25) is 0 Å². The van der Waals surface area contributed by atoms with E-state index < -0.39 is 23.9 Å². The van der Waals surface area contributed by atoms with Crippen molar-refractivity contribution in [3.63, 3.8) is 0 Å². The molecular weight excluding hydrogens is 837 g/mol. The summed E-state index contributed by atoms with van der Waals surface area (Å²) in [4.78, 5) is 45.1. The third-order valence-electron chi connectivity index (χ3n) is 9.01. The summed E-state index contributed by atoms with van der Waals surface area (Å²) < 4.78 is 0. The number of benzene rings is 6. The van der Waals surface area contributed by atoms with Gasteiger partial charge in [-0.1, -0.05) is 146 Å². The molecule has 0 aliphatic rings. The quantitative estimate of drug-likeness (QED) is 0.0772. The molecule has 58 heavy (non-hydrogen) atoms. The molecule has 0 radical (unpaired) electrons. The van der Waals surface area contributed by atoms with Gasteiger partial charge in [0.2, 0.25) is 0 Å².